The Balaban J connectivity index is 1.59. The van der Waals surface area contributed by atoms with Gasteiger partial charge in [-0.3, -0.25) is 4.99 Å². The van der Waals surface area contributed by atoms with Crippen LogP contribution < -0.4 is 10.6 Å². The van der Waals surface area contributed by atoms with Gasteiger partial charge in [0, 0.05) is 43.2 Å². The maximum Gasteiger partial charge on any atom is 0.191 e. The fourth-order valence-electron chi connectivity index (χ4n) is 3.36. The van der Waals surface area contributed by atoms with Gasteiger partial charge in [0.05, 0.1) is 13.2 Å². The molecule has 1 unspecified atom stereocenters. The Bertz CT molecular complexity index is 733. The van der Waals surface area contributed by atoms with E-state index in [1.807, 2.05) is 18.2 Å². The van der Waals surface area contributed by atoms with Crippen LogP contribution in [0, 0.1) is 12.3 Å². The molecule has 3 N–H and O–H groups in total. The van der Waals surface area contributed by atoms with Crippen molar-refractivity contribution in [1.82, 2.24) is 10.6 Å². The van der Waals surface area contributed by atoms with E-state index >= 15 is 0 Å². The summed E-state index contributed by atoms with van der Waals surface area (Å²) < 4.78 is 11.5. The Labute approximate surface area is 148 Å². The number of aliphatic hydroxyl groups excluding tert-OH is 1. The predicted molar refractivity (Wildman–Crippen MR) is 98.7 cm³/mol. The number of nitrogens with one attached hydrogen (secondary N) is 2. The van der Waals surface area contributed by atoms with E-state index in [0.717, 1.165) is 54.2 Å². The minimum absolute atomic E-state index is 0.0123. The number of aliphatic imine (C=N–C) groups is 1. The molecular formula is C19H27N3O3. The number of hydrogen-bond donors (Lipinski definition) is 3. The second-order valence-corrected chi connectivity index (χ2v) is 6.70. The summed E-state index contributed by atoms with van der Waals surface area (Å²) in [5.74, 6) is 1.64. The number of fused-ring (bicyclic) bond motifs is 1. The minimum Gasteiger partial charge on any atom is -0.459 e. The maximum absolute atomic E-state index is 9.32. The summed E-state index contributed by atoms with van der Waals surface area (Å²) in [5, 5.41) is 17.1. The van der Waals surface area contributed by atoms with Gasteiger partial charge >= 0.3 is 0 Å². The van der Waals surface area contributed by atoms with Gasteiger partial charge in [-0.15, -0.1) is 0 Å². The molecule has 0 amide bonds. The van der Waals surface area contributed by atoms with Gasteiger partial charge in [0.2, 0.25) is 0 Å². The topological polar surface area (TPSA) is 79.0 Å². The molecule has 2 aromatic rings. The van der Waals surface area contributed by atoms with Crippen molar-refractivity contribution < 1.29 is 14.3 Å². The van der Waals surface area contributed by atoms with Gasteiger partial charge in [0.1, 0.15) is 11.3 Å². The summed E-state index contributed by atoms with van der Waals surface area (Å²) in [6.07, 6.45) is 1.69. The molecule has 1 aromatic carbocycles. The van der Waals surface area contributed by atoms with Crippen molar-refractivity contribution in [3.63, 3.8) is 0 Å². The molecule has 0 radical (unpaired) electrons. The Morgan fingerprint density at radius 3 is 2.84 bits per heavy atom. The van der Waals surface area contributed by atoms with Gasteiger partial charge in [-0.05, 0) is 25.8 Å². The van der Waals surface area contributed by atoms with Crippen LogP contribution in [0.5, 0.6) is 0 Å². The predicted octanol–water partition coefficient (Wildman–Crippen LogP) is 2.20. The Morgan fingerprint density at radius 2 is 2.16 bits per heavy atom. The molecule has 1 fully saturated rings. The van der Waals surface area contributed by atoms with Crippen LogP contribution >= 0.6 is 0 Å². The van der Waals surface area contributed by atoms with Crippen LogP contribution in [0.2, 0.25) is 0 Å². The molecule has 0 aliphatic carbocycles. The summed E-state index contributed by atoms with van der Waals surface area (Å²) in [5.41, 5.74) is 2.05. The fraction of sp³-hybridized carbons (Fsp3) is 0.526. The van der Waals surface area contributed by atoms with Gasteiger partial charge in [-0.2, -0.15) is 0 Å². The first kappa shape index (κ1) is 17.8. The van der Waals surface area contributed by atoms with Crippen LogP contribution in [0.4, 0.5) is 0 Å². The average Bonchev–Trinajstić information content (AvgIpc) is 3.21. The summed E-state index contributed by atoms with van der Waals surface area (Å²) in [7, 11) is 1.75. The van der Waals surface area contributed by atoms with Crippen molar-refractivity contribution in [3.05, 3.63) is 35.6 Å². The summed E-state index contributed by atoms with van der Waals surface area (Å²) in [6.45, 7) is 4.99. The quantitative estimate of drug-likeness (QED) is 0.552. The van der Waals surface area contributed by atoms with Crippen molar-refractivity contribution in [2.45, 2.75) is 26.3 Å². The SMILES string of the molecule is CN=C(NCc1oc2ccccc2c1C)NCC1(CCO)CCOC1. The molecular weight excluding hydrogens is 318 g/mol. The van der Waals surface area contributed by atoms with E-state index in [4.69, 9.17) is 9.15 Å². The van der Waals surface area contributed by atoms with Gasteiger partial charge < -0.3 is 24.9 Å². The number of para-hydroxylation sites is 1. The van der Waals surface area contributed by atoms with Crippen LogP contribution in [0.15, 0.2) is 33.7 Å². The monoisotopic (exact) mass is 345 g/mol. The number of benzene rings is 1. The van der Waals surface area contributed by atoms with E-state index in [0.29, 0.717) is 13.2 Å². The van der Waals surface area contributed by atoms with Crippen molar-refractivity contribution in [3.8, 4) is 0 Å². The van der Waals surface area contributed by atoms with E-state index in [-0.39, 0.29) is 12.0 Å². The Hall–Kier alpha value is -2.05. The molecule has 3 rings (SSSR count). The average molecular weight is 345 g/mol. The summed E-state index contributed by atoms with van der Waals surface area (Å²) in [6, 6.07) is 8.06. The number of aryl methyl sites for hydroxylation is 1. The third kappa shape index (κ3) is 3.96. The normalized spacial score (nSPS) is 21.0. The van der Waals surface area contributed by atoms with Crippen LogP contribution in [0.25, 0.3) is 11.0 Å². The molecule has 0 saturated carbocycles. The summed E-state index contributed by atoms with van der Waals surface area (Å²) in [4.78, 5) is 4.29. The maximum atomic E-state index is 9.32. The van der Waals surface area contributed by atoms with Gasteiger partial charge in [-0.25, -0.2) is 0 Å². The zero-order valence-electron chi connectivity index (χ0n) is 15.0. The van der Waals surface area contributed by atoms with Gasteiger partial charge in [0.25, 0.3) is 0 Å². The van der Waals surface area contributed by atoms with Crippen molar-refractivity contribution in [2.24, 2.45) is 10.4 Å². The largest absolute Gasteiger partial charge is 0.459 e. The van der Waals surface area contributed by atoms with E-state index in [2.05, 4.69) is 28.6 Å². The zero-order chi connectivity index (χ0) is 17.7. The standard InChI is InChI=1S/C19H27N3O3/c1-14-15-5-3-4-6-16(15)25-17(14)11-21-18(20-2)22-12-19(7-9-23)8-10-24-13-19/h3-6,23H,7-13H2,1-2H3,(H2,20,21,22). The van der Waals surface area contributed by atoms with Gasteiger partial charge in [-0.1, -0.05) is 18.2 Å². The first-order chi connectivity index (χ1) is 12.2. The molecule has 0 spiro atoms. The van der Waals surface area contributed by atoms with Crippen molar-refractivity contribution in [2.75, 3.05) is 33.4 Å². The lowest BCUT2D eigenvalue weighted by Crippen LogP contribution is -2.44. The van der Waals surface area contributed by atoms with Crippen LogP contribution in [0.1, 0.15) is 24.2 Å². The van der Waals surface area contributed by atoms with E-state index < -0.39 is 0 Å². The molecule has 136 valence electrons. The zero-order valence-corrected chi connectivity index (χ0v) is 15.0. The highest BCUT2D eigenvalue weighted by Gasteiger charge is 2.34. The van der Waals surface area contributed by atoms with E-state index in [1.165, 1.54) is 0 Å². The Kier molecular flexibility index (Phi) is 5.60. The third-order valence-corrected chi connectivity index (χ3v) is 5.04. The van der Waals surface area contributed by atoms with Crippen LogP contribution in [0.3, 0.4) is 0 Å². The third-order valence-electron chi connectivity index (χ3n) is 5.04. The number of aliphatic hydroxyl groups is 1. The highest BCUT2D eigenvalue weighted by atomic mass is 16.5. The number of hydrogen-bond acceptors (Lipinski definition) is 4. The molecule has 6 nitrogen and oxygen atoms in total. The minimum atomic E-state index is -0.0123. The van der Waals surface area contributed by atoms with Crippen molar-refractivity contribution in [1.29, 1.82) is 0 Å². The number of guanidine groups is 1. The molecule has 1 aromatic heterocycles. The Morgan fingerprint density at radius 1 is 1.32 bits per heavy atom. The lowest BCUT2D eigenvalue weighted by molar-refractivity contribution is 0.127. The fourth-order valence-corrected chi connectivity index (χ4v) is 3.36. The molecule has 1 aliphatic heterocycles. The smallest absolute Gasteiger partial charge is 0.191 e. The highest BCUT2D eigenvalue weighted by Crippen LogP contribution is 2.31. The van der Waals surface area contributed by atoms with Crippen LogP contribution in [-0.4, -0.2) is 44.5 Å². The molecule has 25 heavy (non-hydrogen) atoms. The number of furan rings is 1. The first-order valence-electron chi connectivity index (χ1n) is 8.77. The molecule has 1 saturated heterocycles. The van der Waals surface area contributed by atoms with E-state index in [1.54, 1.807) is 7.05 Å². The lowest BCUT2D eigenvalue weighted by Gasteiger charge is -2.27. The molecule has 2 heterocycles. The second-order valence-electron chi connectivity index (χ2n) is 6.70. The summed E-state index contributed by atoms with van der Waals surface area (Å²) >= 11 is 0. The van der Waals surface area contributed by atoms with E-state index in [9.17, 15) is 5.11 Å². The number of ether oxygens (including phenoxy) is 1. The number of nitrogens with zero attached hydrogens (tertiary/aromatic N) is 1. The van der Waals surface area contributed by atoms with Crippen LogP contribution in [-0.2, 0) is 11.3 Å². The molecule has 0 bridgehead atoms. The molecule has 1 atom stereocenters. The molecule has 6 heteroatoms. The first-order valence-corrected chi connectivity index (χ1v) is 8.77. The second kappa shape index (κ2) is 7.89. The lowest BCUT2D eigenvalue weighted by atomic mass is 9.84. The highest BCUT2D eigenvalue weighted by molar-refractivity contribution is 5.82. The number of rotatable bonds is 6. The van der Waals surface area contributed by atoms with Gasteiger partial charge in [0.15, 0.2) is 5.96 Å². The molecule has 1 aliphatic rings. The van der Waals surface area contributed by atoms with Crippen molar-refractivity contribution >= 4 is 16.9 Å².